The zero-order valence-corrected chi connectivity index (χ0v) is 25.8. The van der Waals surface area contributed by atoms with Crippen LogP contribution in [0.1, 0.15) is 37.9 Å². The van der Waals surface area contributed by atoms with Crippen molar-refractivity contribution in [3.63, 3.8) is 0 Å². The zero-order valence-electron chi connectivity index (χ0n) is 25.0. The van der Waals surface area contributed by atoms with Crippen molar-refractivity contribution in [1.29, 1.82) is 0 Å². The van der Waals surface area contributed by atoms with Crippen LogP contribution in [0, 0.1) is 12.7 Å². The van der Waals surface area contributed by atoms with Gasteiger partial charge < -0.3 is 10.1 Å². The lowest BCUT2D eigenvalue weighted by Crippen LogP contribution is -2.49. The van der Waals surface area contributed by atoms with Gasteiger partial charge in [0.05, 0.1) is 22.0 Å². The summed E-state index contributed by atoms with van der Waals surface area (Å²) in [4.78, 5) is 26.3. The fourth-order valence-electron chi connectivity index (χ4n) is 5.09. The Kier molecular flexibility index (Phi) is 9.55. The van der Waals surface area contributed by atoms with E-state index < -0.39 is 20.9 Å². The van der Waals surface area contributed by atoms with E-state index in [0.717, 1.165) is 24.3 Å². The molecule has 4 aromatic rings. The van der Waals surface area contributed by atoms with Crippen LogP contribution in [0.5, 0.6) is 11.6 Å². The molecule has 11 heteroatoms. The van der Waals surface area contributed by atoms with Gasteiger partial charge in [-0.25, -0.2) is 22.6 Å². The monoisotopic (exact) mass is 617 g/mol. The lowest BCUT2D eigenvalue weighted by Gasteiger charge is -2.38. The molecule has 0 radical (unpaired) electrons. The van der Waals surface area contributed by atoms with Crippen LogP contribution >= 0.6 is 0 Å². The minimum Gasteiger partial charge on any atom is -0.439 e. The van der Waals surface area contributed by atoms with Crippen LogP contribution in [0.25, 0.3) is 0 Å². The Morgan fingerprint density at radius 1 is 1.02 bits per heavy atom. The first kappa shape index (κ1) is 31.1. The Morgan fingerprint density at radius 2 is 1.77 bits per heavy atom. The summed E-state index contributed by atoms with van der Waals surface area (Å²) >= 11 is 0. The molecule has 0 spiro atoms. The van der Waals surface area contributed by atoms with E-state index in [1.807, 2.05) is 19.1 Å². The Labute approximate surface area is 257 Å². The number of nitrogens with one attached hydrogen (secondary N) is 1. The number of amides is 2. The van der Waals surface area contributed by atoms with Crippen LogP contribution < -0.4 is 15.0 Å². The van der Waals surface area contributed by atoms with E-state index in [2.05, 4.69) is 20.2 Å². The summed E-state index contributed by atoms with van der Waals surface area (Å²) in [6.07, 6.45) is 4.81. The minimum absolute atomic E-state index is 0.109. The second-order valence-electron chi connectivity index (χ2n) is 11.1. The van der Waals surface area contributed by atoms with Crippen molar-refractivity contribution in [2.45, 2.75) is 56.3 Å². The van der Waals surface area contributed by atoms with Crippen molar-refractivity contribution in [2.24, 2.45) is 0 Å². The van der Waals surface area contributed by atoms with Crippen LogP contribution in [0.4, 0.5) is 20.6 Å². The van der Waals surface area contributed by atoms with Gasteiger partial charge in [-0.15, -0.1) is 0 Å². The van der Waals surface area contributed by atoms with E-state index in [1.54, 1.807) is 79.7 Å². The summed E-state index contributed by atoms with van der Waals surface area (Å²) in [5.74, 6) is 0.513. The number of anilines is 2. The fourth-order valence-corrected chi connectivity index (χ4v) is 6.15. The Bertz CT molecular complexity index is 1670. The van der Waals surface area contributed by atoms with Crippen molar-refractivity contribution in [3.05, 3.63) is 102 Å². The topological polar surface area (TPSA) is 105 Å². The van der Waals surface area contributed by atoms with Gasteiger partial charge in [0.1, 0.15) is 11.6 Å². The van der Waals surface area contributed by atoms with Crippen molar-refractivity contribution in [3.8, 4) is 11.6 Å². The Balaban J connectivity index is 1.18. The van der Waals surface area contributed by atoms with E-state index in [0.29, 0.717) is 42.4 Å². The molecule has 0 saturated carbocycles. The van der Waals surface area contributed by atoms with Crippen LogP contribution in [0.2, 0.25) is 0 Å². The number of aryl methyl sites for hydroxylation is 1. The minimum atomic E-state index is -3.34. The molecule has 1 aliphatic heterocycles. The Hall–Kier alpha value is -4.35. The number of aromatic nitrogens is 2. The number of urea groups is 1. The number of rotatable bonds is 9. The number of pyridine rings is 2. The summed E-state index contributed by atoms with van der Waals surface area (Å²) in [7, 11) is -3.34. The maximum absolute atomic E-state index is 14.2. The molecule has 230 valence electrons. The molecule has 1 aliphatic rings. The lowest BCUT2D eigenvalue weighted by molar-refractivity contribution is 0.199. The molecule has 1 fully saturated rings. The van der Waals surface area contributed by atoms with E-state index >= 15 is 0 Å². The van der Waals surface area contributed by atoms with Gasteiger partial charge in [0, 0.05) is 49.3 Å². The molecule has 0 unspecified atom stereocenters. The van der Waals surface area contributed by atoms with Gasteiger partial charge in [-0.05, 0) is 93.8 Å². The van der Waals surface area contributed by atoms with Gasteiger partial charge in [0.2, 0.25) is 5.88 Å². The third kappa shape index (κ3) is 7.59. The molecule has 9 nitrogen and oxygen atoms in total. The summed E-state index contributed by atoms with van der Waals surface area (Å²) in [5.41, 5.74) is 2.95. The third-order valence-electron chi connectivity index (χ3n) is 7.59. The molecule has 2 amide bonds. The highest BCUT2D eigenvalue weighted by Gasteiger charge is 2.30. The molecular formula is C33H36FN5O4S. The van der Waals surface area contributed by atoms with Crippen LogP contribution in [0.15, 0.2) is 90.1 Å². The highest BCUT2D eigenvalue weighted by atomic mass is 32.2. The summed E-state index contributed by atoms with van der Waals surface area (Å²) in [6.45, 7) is 7.36. The molecule has 0 bridgehead atoms. The summed E-state index contributed by atoms with van der Waals surface area (Å²) < 4.78 is 44.7. The van der Waals surface area contributed by atoms with E-state index in [-0.39, 0.29) is 17.0 Å². The van der Waals surface area contributed by atoms with Gasteiger partial charge in [0.15, 0.2) is 9.84 Å². The number of sulfone groups is 1. The maximum Gasteiger partial charge on any atom is 0.326 e. The van der Waals surface area contributed by atoms with E-state index in [9.17, 15) is 17.6 Å². The highest BCUT2D eigenvalue weighted by molar-refractivity contribution is 7.92. The van der Waals surface area contributed by atoms with Crippen LogP contribution in [-0.4, -0.2) is 53.7 Å². The average Bonchev–Trinajstić information content (AvgIpc) is 3.00. The first-order valence-corrected chi connectivity index (χ1v) is 16.1. The predicted octanol–water partition coefficient (Wildman–Crippen LogP) is 6.60. The molecule has 0 aliphatic carbocycles. The normalized spacial score (nSPS) is 14.4. The molecule has 1 N–H and O–H groups in total. The molecule has 1 saturated heterocycles. The van der Waals surface area contributed by atoms with Gasteiger partial charge >= 0.3 is 6.03 Å². The molecule has 2 aromatic carbocycles. The Morgan fingerprint density at radius 3 is 2.39 bits per heavy atom. The number of benzene rings is 2. The van der Waals surface area contributed by atoms with Gasteiger partial charge in [-0.3, -0.25) is 14.8 Å². The smallest absolute Gasteiger partial charge is 0.326 e. The standard InChI is InChI=1S/C33H36FN5O4S/c1-23(2)44(41,42)31-12-10-30(11-13-31)43-32-14-8-25(20-36-32)22-38-17-15-28(16-18-38)39(29-6-4-5-26(34)19-29)33(40)37-27-9-7-24(3)35-21-27/h4-14,19-21,23,28H,15-18,22H2,1-3H3,(H,37,40). The first-order valence-electron chi connectivity index (χ1n) is 14.6. The largest absolute Gasteiger partial charge is 0.439 e. The van der Waals surface area contributed by atoms with Crippen molar-refractivity contribution >= 4 is 27.2 Å². The number of carbonyl (C=O) groups excluding carboxylic acids is 1. The maximum atomic E-state index is 14.2. The second kappa shape index (κ2) is 13.5. The van der Waals surface area contributed by atoms with Crippen molar-refractivity contribution in [1.82, 2.24) is 14.9 Å². The number of hydrogen-bond donors (Lipinski definition) is 1. The number of nitrogens with zero attached hydrogens (tertiary/aromatic N) is 4. The highest BCUT2D eigenvalue weighted by Crippen LogP contribution is 2.27. The molecule has 44 heavy (non-hydrogen) atoms. The first-order chi connectivity index (χ1) is 21.1. The van der Waals surface area contributed by atoms with E-state index in [4.69, 9.17) is 4.74 Å². The molecule has 2 aromatic heterocycles. The third-order valence-corrected chi connectivity index (χ3v) is 9.76. The van der Waals surface area contributed by atoms with Gasteiger partial charge in [-0.2, -0.15) is 0 Å². The second-order valence-corrected chi connectivity index (χ2v) is 13.7. The quantitative estimate of drug-likeness (QED) is 0.226. The predicted molar refractivity (Wildman–Crippen MR) is 168 cm³/mol. The SMILES string of the molecule is Cc1ccc(NC(=O)N(c2cccc(F)c2)C2CCN(Cc3ccc(Oc4ccc(S(=O)(=O)C(C)C)cc4)nc3)CC2)cn1. The van der Waals surface area contributed by atoms with Gasteiger partial charge in [0.25, 0.3) is 0 Å². The van der Waals surface area contributed by atoms with Crippen molar-refractivity contribution < 1.29 is 22.3 Å². The number of halogens is 1. The number of likely N-dealkylation sites (tertiary alicyclic amines) is 1. The molecular weight excluding hydrogens is 581 g/mol. The van der Waals surface area contributed by atoms with Crippen molar-refractivity contribution in [2.75, 3.05) is 23.3 Å². The molecule has 3 heterocycles. The zero-order chi connectivity index (χ0) is 31.3. The fraction of sp³-hybridized carbons (Fsp3) is 0.303. The molecule has 5 rings (SSSR count). The molecule has 0 atom stereocenters. The number of ether oxygens (including phenoxy) is 1. The lowest BCUT2D eigenvalue weighted by atomic mass is 10.0. The number of hydrogen-bond acceptors (Lipinski definition) is 7. The van der Waals surface area contributed by atoms with Crippen LogP contribution in [-0.2, 0) is 16.4 Å². The van der Waals surface area contributed by atoms with Crippen LogP contribution in [0.3, 0.4) is 0 Å². The van der Waals surface area contributed by atoms with Gasteiger partial charge in [-0.1, -0.05) is 12.1 Å². The summed E-state index contributed by atoms with van der Waals surface area (Å²) in [5, 5.41) is 2.42. The average molecular weight is 618 g/mol. The van der Waals surface area contributed by atoms with E-state index in [1.165, 1.54) is 12.1 Å². The summed E-state index contributed by atoms with van der Waals surface area (Å²) in [6, 6.07) is 19.4. The number of carbonyl (C=O) groups is 1. The number of piperidine rings is 1.